The van der Waals surface area contributed by atoms with Gasteiger partial charge in [0.2, 0.25) is 0 Å². The molecular weight excluding hydrogens is 188 g/mol. The van der Waals surface area contributed by atoms with Crippen LogP contribution in [-0.2, 0) is 13.1 Å². The Balaban J connectivity index is 1.85. The lowest BCUT2D eigenvalue weighted by Crippen LogP contribution is -2.21. The molecular formula is C12H20N2O. The fourth-order valence-corrected chi connectivity index (χ4v) is 2.10. The van der Waals surface area contributed by atoms with E-state index in [2.05, 4.69) is 18.9 Å². The third-order valence-corrected chi connectivity index (χ3v) is 3.29. The maximum atomic E-state index is 5.59. The van der Waals surface area contributed by atoms with Gasteiger partial charge in [-0.15, -0.1) is 0 Å². The van der Waals surface area contributed by atoms with E-state index in [1.165, 1.54) is 18.5 Å². The van der Waals surface area contributed by atoms with E-state index >= 15 is 0 Å². The average molecular weight is 208 g/mol. The Hall–Kier alpha value is -0.800. The zero-order valence-corrected chi connectivity index (χ0v) is 9.57. The molecule has 0 amide bonds. The van der Waals surface area contributed by atoms with Crippen molar-refractivity contribution in [2.24, 2.45) is 17.6 Å². The summed E-state index contributed by atoms with van der Waals surface area (Å²) in [5.41, 5.74) is 6.82. The molecule has 1 aliphatic carbocycles. The molecule has 0 aromatic carbocycles. The van der Waals surface area contributed by atoms with Gasteiger partial charge in [0.05, 0.1) is 12.8 Å². The first-order valence-electron chi connectivity index (χ1n) is 5.64. The van der Waals surface area contributed by atoms with Crippen LogP contribution in [0, 0.1) is 11.8 Å². The molecule has 0 radical (unpaired) electrons. The molecule has 15 heavy (non-hydrogen) atoms. The summed E-state index contributed by atoms with van der Waals surface area (Å²) < 4.78 is 5.30. The van der Waals surface area contributed by atoms with Gasteiger partial charge in [-0.3, -0.25) is 0 Å². The van der Waals surface area contributed by atoms with E-state index in [4.69, 9.17) is 10.2 Å². The van der Waals surface area contributed by atoms with Crippen LogP contribution in [0.2, 0.25) is 0 Å². The lowest BCUT2D eigenvalue weighted by molar-refractivity contribution is 0.304. The Morgan fingerprint density at radius 1 is 1.60 bits per heavy atom. The van der Waals surface area contributed by atoms with E-state index in [0.29, 0.717) is 6.54 Å². The molecule has 2 N–H and O–H groups in total. The SMILES string of the molecule is CC1CC1CN(C)Cc1ccoc1CN. The Morgan fingerprint density at radius 3 is 2.93 bits per heavy atom. The lowest BCUT2D eigenvalue weighted by atomic mass is 10.2. The van der Waals surface area contributed by atoms with Crippen molar-refractivity contribution < 1.29 is 4.42 Å². The Labute approximate surface area is 91.2 Å². The smallest absolute Gasteiger partial charge is 0.121 e. The molecule has 0 saturated heterocycles. The molecule has 2 unspecified atom stereocenters. The minimum atomic E-state index is 0.496. The maximum Gasteiger partial charge on any atom is 0.121 e. The van der Waals surface area contributed by atoms with Crippen molar-refractivity contribution in [3.63, 3.8) is 0 Å². The van der Waals surface area contributed by atoms with Gasteiger partial charge in [0.1, 0.15) is 5.76 Å². The molecule has 3 nitrogen and oxygen atoms in total. The predicted molar refractivity (Wildman–Crippen MR) is 60.2 cm³/mol. The third kappa shape index (κ3) is 2.61. The van der Waals surface area contributed by atoms with Crippen LogP contribution in [0.15, 0.2) is 16.7 Å². The highest BCUT2D eigenvalue weighted by Gasteiger charge is 2.33. The van der Waals surface area contributed by atoms with E-state index in [1.54, 1.807) is 6.26 Å². The molecule has 1 fully saturated rings. The van der Waals surface area contributed by atoms with Gasteiger partial charge in [-0.2, -0.15) is 0 Å². The second-order valence-corrected chi connectivity index (χ2v) is 4.74. The highest BCUT2D eigenvalue weighted by molar-refractivity contribution is 5.16. The summed E-state index contributed by atoms with van der Waals surface area (Å²) in [6.45, 7) is 4.96. The fourth-order valence-electron chi connectivity index (χ4n) is 2.10. The first-order chi connectivity index (χ1) is 7.20. The van der Waals surface area contributed by atoms with Crippen molar-refractivity contribution in [2.75, 3.05) is 13.6 Å². The van der Waals surface area contributed by atoms with Crippen LogP contribution in [0.5, 0.6) is 0 Å². The zero-order valence-electron chi connectivity index (χ0n) is 9.57. The largest absolute Gasteiger partial charge is 0.468 e. The van der Waals surface area contributed by atoms with E-state index in [9.17, 15) is 0 Å². The summed E-state index contributed by atoms with van der Waals surface area (Å²) in [4.78, 5) is 2.36. The van der Waals surface area contributed by atoms with Crippen molar-refractivity contribution in [1.29, 1.82) is 0 Å². The van der Waals surface area contributed by atoms with Gasteiger partial charge in [0, 0.05) is 18.7 Å². The van der Waals surface area contributed by atoms with Gasteiger partial charge < -0.3 is 15.1 Å². The fraction of sp³-hybridized carbons (Fsp3) is 0.667. The van der Waals surface area contributed by atoms with E-state index in [0.717, 1.165) is 24.1 Å². The quantitative estimate of drug-likeness (QED) is 0.802. The van der Waals surface area contributed by atoms with Gasteiger partial charge >= 0.3 is 0 Å². The van der Waals surface area contributed by atoms with E-state index in [-0.39, 0.29) is 0 Å². The van der Waals surface area contributed by atoms with Crippen LogP contribution in [0.3, 0.4) is 0 Å². The Morgan fingerprint density at radius 2 is 2.33 bits per heavy atom. The summed E-state index contributed by atoms with van der Waals surface area (Å²) in [6, 6.07) is 2.02. The monoisotopic (exact) mass is 208 g/mol. The normalized spacial score (nSPS) is 24.8. The molecule has 2 rings (SSSR count). The molecule has 84 valence electrons. The average Bonchev–Trinajstić information content (AvgIpc) is 2.73. The summed E-state index contributed by atoms with van der Waals surface area (Å²) in [6.07, 6.45) is 3.12. The molecule has 2 atom stereocenters. The Bertz CT molecular complexity index is 321. The van der Waals surface area contributed by atoms with Crippen LogP contribution in [-0.4, -0.2) is 18.5 Å². The van der Waals surface area contributed by atoms with Gasteiger partial charge in [0.25, 0.3) is 0 Å². The van der Waals surface area contributed by atoms with Crippen molar-refractivity contribution >= 4 is 0 Å². The highest BCUT2D eigenvalue weighted by Crippen LogP contribution is 2.38. The second kappa shape index (κ2) is 4.37. The van der Waals surface area contributed by atoms with Crippen LogP contribution in [0.1, 0.15) is 24.7 Å². The van der Waals surface area contributed by atoms with Crippen molar-refractivity contribution in [2.45, 2.75) is 26.4 Å². The number of nitrogens with zero attached hydrogens (tertiary/aromatic N) is 1. The molecule has 0 bridgehead atoms. The number of nitrogens with two attached hydrogens (primary N) is 1. The van der Waals surface area contributed by atoms with Gasteiger partial charge in [-0.05, 0) is 31.4 Å². The minimum Gasteiger partial charge on any atom is -0.468 e. The number of rotatable bonds is 5. The molecule has 0 aliphatic heterocycles. The number of hydrogen-bond acceptors (Lipinski definition) is 3. The summed E-state index contributed by atoms with van der Waals surface area (Å²) in [5, 5.41) is 0. The first kappa shape index (κ1) is 10.7. The zero-order chi connectivity index (χ0) is 10.8. The molecule has 1 saturated carbocycles. The van der Waals surface area contributed by atoms with E-state index in [1.807, 2.05) is 6.07 Å². The van der Waals surface area contributed by atoms with Crippen LogP contribution in [0.4, 0.5) is 0 Å². The number of furan rings is 1. The molecule has 0 spiro atoms. The molecule has 1 aromatic heterocycles. The Kier molecular flexibility index (Phi) is 3.12. The van der Waals surface area contributed by atoms with Gasteiger partial charge in [-0.1, -0.05) is 6.92 Å². The standard InChI is InChI=1S/C12H20N2O/c1-9-5-11(9)8-14(2)7-10-3-4-15-12(10)6-13/h3-4,9,11H,5-8,13H2,1-2H3. The van der Waals surface area contributed by atoms with Crippen LogP contribution < -0.4 is 5.73 Å². The lowest BCUT2D eigenvalue weighted by Gasteiger charge is -2.15. The second-order valence-electron chi connectivity index (χ2n) is 4.74. The minimum absolute atomic E-state index is 0.496. The predicted octanol–water partition coefficient (Wildman–Crippen LogP) is 1.83. The summed E-state index contributed by atoms with van der Waals surface area (Å²) in [5.74, 6) is 2.75. The van der Waals surface area contributed by atoms with Crippen molar-refractivity contribution in [3.8, 4) is 0 Å². The van der Waals surface area contributed by atoms with E-state index < -0.39 is 0 Å². The van der Waals surface area contributed by atoms with Crippen molar-refractivity contribution in [1.82, 2.24) is 4.90 Å². The van der Waals surface area contributed by atoms with Crippen LogP contribution in [0.25, 0.3) is 0 Å². The first-order valence-corrected chi connectivity index (χ1v) is 5.64. The highest BCUT2D eigenvalue weighted by atomic mass is 16.3. The summed E-state index contributed by atoms with van der Waals surface area (Å²) in [7, 11) is 2.17. The van der Waals surface area contributed by atoms with Gasteiger partial charge in [0.15, 0.2) is 0 Å². The molecule has 3 heteroatoms. The molecule has 1 aromatic rings. The summed E-state index contributed by atoms with van der Waals surface area (Å²) >= 11 is 0. The number of hydrogen-bond donors (Lipinski definition) is 1. The van der Waals surface area contributed by atoms with Crippen molar-refractivity contribution in [3.05, 3.63) is 23.7 Å². The third-order valence-electron chi connectivity index (χ3n) is 3.29. The topological polar surface area (TPSA) is 42.4 Å². The molecule has 1 heterocycles. The van der Waals surface area contributed by atoms with Crippen LogP contribution >= 0.6 is 0 Å². The van der Waals surface area contributed by atoms with Gasteiger partial charge in [-0.25, -0.2) is 0 Å². The maximum absolute atomic E-state index is 5.59. The molecule has 1 aliphatic rings.